The molecule has 1 saturated heterocycles. The van der Waals surface area contributed by atoms with Crippen molar-refractivity contribution in [3.8, 4) is 0 Å². The van der Waals surface area contributed by atoms with Gasteiger partial charge in [-0.05, 0) is 39.7 Å². The molecule has 0 bridgehead atoms. The Morgan fingerprint density at radius 3 is 2.93 bits per heavy atom. The maximum Gasteiger partial charge on any atom is 0.309 e. The lowest BCUT2D eigenvalue weighted by Crippen LogP contribution is -2.39. The highest BCUT2D eigenvalue weighted by Crippen LogP contribution is 2.18. The van der Waals surface area contributed by atoms with Crippen molar-refractivity contribution in [1.29, 1.82) is 0 Å². The molecule has 82 valence electrons. The molecule has 0 radical (unpaired) electrons. The van der Waals surface area contributed by atoms with E-state index in [-0.39, 0.29) is 18.0 Å². The van der Waals surface area contributed by atoms with Crippen molar-refractivity contribution in [3.05, 3.63) is 0 Å². The third-order valence-electron chi connectivity index (χ3n) is 2.85. The first-order chi connectivity index (χ1) is 6.63. The molecule has 1 rings (SSSR count). The average Bonchev–Trinajstić information content (AvgIpc) is 2.17. The third-order valence-corrected chi connectivity index (χ3v) is 2.85. The molecule has 0 aliphatic carbocycles. The van der Waals surface area contributed by atoms with Crippen LogP contribution in [-0.4, -0.2) is 24.7 Å². The van der Waals surface area contributed by atoms with Gasteiger partial charge < -0.3 is 10.1 Å². The number of carbonyl (C=O) groups is 1. The third kappa shape index (κ3) is 3.29. The zero-order valence-electron chi connectivity index (χ0n) is 9.38. The van der Waals surface area contributed by atoms with Crippen LogP contribution in [0.1, 0.15) is 40.0 Å². The summed E-state index contributed by atoms with van der Waals surface area (Å²) in [5.41, 5.74) is 0. The first kappa shape index (κ1) is 11.5. The molecule has 3 nitrogen and oxygen atoms in total. The maximum absolute atomic E-state index is 11.7. The Balaban J connectivity index is 2.36. The smallest absolute Gasteiger partial charge is 0.309 e. The minimum absolute atomic E-state index is 0.00676. The van der Waals surface area contributed by atoms with Crippen LogP contribution in [0, 0.1) is 5.92 Å². The minimum Gasteiger partial charge on any atom is -0.462 e. The van der Waals surface area contributed by atoms with Gasteiger partial charge in [0.05, 0.1) is 12.0 Å². The van der Waals surface area contributed by atoms with Crippen LogP contribution in [0.4, 0.5) is 0 Å². The first-order valence-corrected chi connectivity index (χ1v) is 5.57. The summed E-state index contributed by atoms with van der Waals surface area (Å²) in [6.45, 7) is 7.02. The summed E-state index contributed by atoms with van der Waals surface area (Å²) in [6, 6.07) is 0.443. The quantitative estimate of drug-likeness (QED) is 0.703. The van der Waals surface area contributed by atoms with Crippen molar-refractivity contribution in [2.75, 3.05) is 6.54 Å². The fourth-order valence-corrected chi connectivity index (χ4v) is 1.72. The highest BCUT2D eigenvalue weighted by molar-refractivity contribution is 5.72. The van der Waals surface area contributed by atoms with Crippen molar-refractivity contribution in [3.63, 3.8) is 0 Å². The second-order valence-corrected chi connectivity index (χ2v) is 4.23. The normalized spacial score (nSPS) is 29.6. The molecule has 0 aromatic rings. The summed E-state index contributed by atoms with van der Waals surface area (Å²) in [6.07, 6.45) is 2.79. The van der Waals surface area contributed by atoms with Gasteiger partial charge in [-0.3, -0.25) is 4.79 Å². The predicted molar refractivity (Wildman–Crippen MR) is 56.0 cm³/mol. The van der Waals surface area contributed by atoms with Crippen LogP contribution in [-0.2, 0) is 9.53 Å². The van der Waals surface area contributed by atoms with Crippen molar-refractivity contribution in [2.24, 2.45) is 5.92 Å². The highest BCUT2D eigenvalue weighted by atomic mass is 16.5. The summed E-state index contributed by atoms with van der Waals surface area (Å²) >= 11 is 0. The van der Waals surface area contributed by atoms with E-state index in [0.29, 0.717) is 6.04 Å². The molecule has 0 spiro atoms. The minimum atomic E-state index is -0.00676. The van der Waals surface area contributed by atoms with E-state index in [1.165, 1.54) is 0 Å². The van der Waals surface area contributed by atoms with Gasteiger partial charge in [-0.1, -0.05) is 6.92 Å². The van der Waals surface area contributed by atoms with E-state index >= 15 is 0 Å². The molecule has 1 fully saturated rings. The number of ether oxygens (including phenoxy) is 1. The molecule has 1 heterocycles. The lowest BCUT2D eigenvalue weighted by atomic mass is 9.93. The Morgan fingerprint density at radius 2 is 2.36 bits per heavy atom. The zero-order chi connectivity index (χ0) is 10.6. The molecule has 1 N–H and O–H groups in total. The van der Waals surface area contributed by atoms with Gasteiger partial charge in [-0.15, -0.1) is 0 Å². The predicted octanol–water partition coefficient (Wildman–Crippen LogP) is 1.72. The summed E-state index contributed by atoms with van der Waals surface area (Å²) in [4.78, 5) is 11.7. The second kappa shape index (κ2) is 5.35. The second-order valence-electron chi connectivity index (χ2n) is 4.23. The summed E-state index contributed by atoms with van der Waals surface area (Å²) in [5.74, 6) is 0.105. The molecule has 1 aliphatic rings. The van der Waals surface area contributed by atoms with Crippen LogP contribution in [0.3, 0.4) is 0 Å². The number of hydrogen-bond acceptors (Lipinski definition) is 3. The van der Waals surface area contributed by atoms with Gasteiger partial charge in [0.2, 0.25) is 0 Å². The molecule has 3 atom stereocenters. The van der Waals surface area contributed by atoms with E-state index < -0.39 is 0 Å². The lowest BCUT2D eigenvalue weighted by molar-refractivity contribution is -0.154. The number of nitrogens with one attached hydrogen (secondary N) is 1. The molecule has 0 aromatic carbocycles. The van der Waals surface area contributed by atoms with Crippen LogP contribution < -0.4 is 5.32 Å². The molecule has 1 aliphatic heterocycles. The van der Waals surface area contributed by atoms with Crippen LogP contribution >= 0.6 is 0 Å². The van der Waals surface area contributed by atoms with Crippen molar-refractivity contribution in [2.45, 2.75) is 52.2 Å². The molecular weight excluding hydrogens is 178 g/mol. The Labute approximate surface area is 86.2 Å². The van der Waals surface area contributed by atoms with Gasteiger partial charge in [0.15, 0.2) is 0 Å². The summed E-state index contributed by atoms with van der Waals surface area (Å²) in [5, 5.41) is 3.33. The molecule has 3 heteroatoms. The van der Waals surface area contributed by atoms with E-state index in [9.17, 15) is 4.79 Å². The van der Waals surface area contributed by atoms with E-state index in [1.807, 2.05) is 13.8 Å². The van der Waals surface area contributed by atoms with Crippen LogP contribution in [0.15, 0.2) is 0 Å². The molecule has 0 saturated carbocycles. The highest BCUT2D eigenvalue weighted by Gasteiger charge is 2.26. The number of esters is 1. The van der Waals surface area contributed by atoms with E-state index in [4.69, 9.17) is 4.74 Å². The Bertz CT molecular complexity index is 194. The van der Waals surface area contributed by atoms with Gasteiger partial charge in [-0.25, -0.2) is 0 Å². The largest absolute Gasteiger partial charge is 0.462 e. The van der Waals surface area contributed by atoms with Crippen LogP contribution in [0.2, 0.25) is 0 Å². The van der Waals surface area contributed by atoms with Gasteiger partial charge in [-0.2, -0.15) is 0 Å². The van der Waals surface area contributed by atoms with E-state index in [1.54, 1.807) is 0 Å². The first-order valence-electron chi connectivity index (χ1n) is 5.57. The Morgan fingerprint density at radius 1 is 1.64 bits per heavy atom. The SMILES string of the molecule is CCC(C)OC(=O)C1CCNC(C)C1. The standard InChI is InChI=1S/C11H21NO2/c1-4-9(3)14-11(13)10-5-6-12-8(2)7-10/h8-10,12H,4-7H2,1-3H3. The fraction of sp³-hybridized carbons (Fsp3) is 0.909. The van der Waals surface area contributed by atoms with Gasteiger partial charge in [0, 0.05) is 6.04 Å². The van der Waals surface area contributed by atoms with Crippen molar-refractivity contribution in [1.82, 2.24) is 5.32 Å². The number of carbonyl (C=O) groups excluding carboxylic acids is 1. The Kier molecular flexibility index (Phi) is 4.39. The van der Waals surface area contributed by atoms with Gasteiger partial charge >= 0.3 is 5.97 Å². The molecule has 14 heavy (non-hydrogen) atoms. The average molecular weight is 199 g/mol. The zero-order valence-corrected chi connectivity index (χ0v) is 9.38. The van der Waals surface area contributed by atoms with Crippen molar-refractivity contribution < 1.29 is 9.53 Å². The lowest BCUT2D eigenvalue weighted by Gasteiger charge is -2.27. The fourth-order valence-electron chi connectivity index (χ4n) is 1.72. The topological polar surface area (TPSA) is 38.3 Å². The maximum atomic E-state index is 11.7. The molecular formula is C11H21NO2. The monoisotopic (exact) mass is 199 g/mol. The van der Waals surface area contributed by atoms with Crippen LogP contribution in [0.5, 0.6) is 0 Å². The van der Waals surface area contributed by atoms with Gasteiger partial charge in [0.25, 0.3) is 0 Å². The Hall–Kier alpha value is -0.570. The van der Waals surface area contributed by atoms with Crippen molar-refractivity contribution >= 4 is 5.97 Å². The van der Waals surface area contributed by atoms with E-state index in [0.717, 1.165) is 25.8 Å². The number of piperidine rings is 1. The molecule has 0 amide bonds. The number of rotatable bonds is 3. The molecule has 3 unspecified atom stereocenters. The summed E-state index contributed by atoms with van der Waals surface area (Å²) in [7, 11) is 0. The number of hydrogen-bond donors (Lipinski definition) is 1. The summed E-state index contributed by atoms with van der Waals surface area (Å²) < 4.78 is 5.32. The van der Waals surface area contributed by atoms with E-state index in [2.05, 4.69) is 12.2 Å². The molecule has 0 aromatic heterocycles. The van der Waals surface area contributed by atoms with Gasteiger partial charge in [0.1, 0.15) is 0 Å². The van der Waals surface area contributed by atoms with Crippen LogP contribution in [0.25, 0.3) is 0 Å².